The molecule has 126 valence electrons. The maximum atomic E-state index is 11.6. The molecular formula is C17H12N2O5S. The van der Waals surface area contributed by atoms with Gasteiger partial charge < -0.3 is 4.74 Å². The van der Waals surface area contributed by atoms with Gasteiger partial charge in [0, 0.05) is 12.1 Å². The minimum absolute atomic E-state index is 0.0271. The Morgan fingerprint density at radius 3 is 2.56 bits per heavy atom. The molecule has 1 saturated heterocycles. The molecule has 0 unspecified atom stereocenters. The van der Waals surface area contributed by atoms with Crippen molar-refractivity contribution in [2.24, 2.45) is 0 Å². The van der Waals surface area contributed by atoms with Crippen molar-refractivity contribution in [2.75, 3.05) is 0 Å². The van der Waals surface area contributed by atoms with Crippen LogP contribution in [-0.4, -0.2) is 16.1 Å². The van der Waals surface area contributed by atoms with Gasteiger partial charge in [0.25, 0.3) is 16.8 Å². The summed E-state index contributed by atoms with van der Waals surface area (Å²) in [4.78, 5) is 33.2. The smallest absolute Gasteiger partial charge is 0.290 e. The average Bonchev–Trinajstić information content (AvgIpc) is 2.91. The van der Waals surface area contributed by atoms with E-state index >= 15 is 0 Å². The molecular weight excluding hydrogens is 344 g/mol. The third-order valence-electron chi connectivity index (χ3n) is 3.35. The second-order valence-electron chi connectivity index (χ2n) is 5.14. The first-order valence-electron chi connectivity index (χ1n) is 7.22. The molecule has 0 aromatic heterocycles. The number of benzene rings is 2. The molecule has 0 atom stereocenters. The van der Waals surface area contributed by atoms with Gasteiger partial charge in [-0.1, -0.05) is 12.1 Å². The molecule has 1 N–H and O–H groups in total. The molecule has 25 heavy (non-hydrogen) atoms. The van der Waals surface area contributed by atoms with Crippen molar-refractivity contribution in [3.8, 4) is 5.75 Å². The number of nitrogens with zero attached hydrogens (tertiary/aromatic N) is 1. The molecule has 1 heterocycles. The summed E-state index contributed by atoms with van der Waals surface area (Å²) >= 11 is 0.854. The fraction of sp³-hybridized carbons (Fsp3) is 0.0588. The minimum atomic E-state index is -0.455. The number of amides is 2. The molecule has 0 aliphatic carbocycles. The predicted octanol–water partition coefficient (Wildman–Crippen LogP) is 3.50. The molecule has 1 aliphatic rings. The molecule has 7 nitrogen and oxygen atoms in total. The van der Waals surface area contributed by atoms with Crippen LogP contribution in [0.15, 0.2) is 53.4 Å². The molecule has 1 aliphatic heterocycles. The molecule has 0 bridgehead atoms. The Hall–Kier alpha value is -3.13. The SMILES string of the molecule is O=C1NC(=O)C(=Cc2cccc(OCc3ccc([N+](=O)[O-])cc3)c2)S1. The molecule has 3 rings (SSSR count). The van der Waals surface area contributed by atoms with Gasteiger partial charge in [0.2, 0.25) is 0 Å². The van der Waals surface area contributed by atoms with Crippen molar-refractivity contribution in [3.05, 3.63) is 74.7 Å². The molecule has 2 amide bonds. The van der Waals surface area contributed by atoms with Crippen LogP contribution in [0.4, 0.5) is 10.5 Å². The number of thioether (sulfide) groups is 1. The highest BCUT2D eigenvalue weighted by atomic mass is 32.2. The first kappa shape index (κ1) is 16.7. The van der Waals surface area contributed by atoms with E-state index in [-0.39, 0.29) is 17.5 Å². The maximum Gasteiger partial charge on any atom is 0.290 e. The molecule has 1 fully saturated rings. The summed E-state index contributed by atoms with van der Waals surface area (Å²) in [5.74, 6) is 0.176. The number of non-ortho nitro benzene ring substituents is 1. The highest BCUT2D eigenvalue weighted by Crippen LogP contribution is 2.26. The highest BCUT2D eigenvalue weighted by Gasteiger charge is 2.24. The highest BCUT2D eigenvalue weighted by molar-refractivity contribution is 8.18. The number of nitrogens with one attached hydrogen (secondary N) is 1. The fourth-order valence-corrected chi connectivity index (χ4v) is 2.83. The summed E-state index contributed by atoms with van der Waals surface area (Å²) in [5, 5.41) is 12.4. The lowest BCUT2D eigenvalue weighted by Crippen LogP contribution is -2.17. The number of ether oxygens (including phenoxy) is 1. The van der Waals surface area contributed by atoms with E-state index in [1.165, 1.54) is 12.1 Å². The van der Waals surface area contributed by atoms with Crippen molar-refractivity contribution in [2.45, 2.75) is 6.61 Å². The average molecular weight is 356 g/mol. The van der Waals surface area contributed by atoms with Crippen LogP contribution in [-0.2, 0) is 11.4 Å². The number of imide groups is 1. The quantitative estimate of drug-likeness (QED) is 0.500. The van der Waals surface area contributed by atoms with Crippen LogP contribution in [0.3, 0.4) is 0 Å². The van der Waals surface area contributed by atoms with Crippen LogP contribution in [0.5, 0.6) is 5.75 Å². The Balaban J connectivity index is 1.68. The van der Waals surface area contributed by atoms with Gasteiger partial charge >= 0.3 is 0 Å². The topological polar surface area (TPSA) is 98.5 Å². The summed E-state index contributed by atoms with van der Waals surface area (Å²) in [6.07, 6.45) is 1.61. The monoisotopic (exact) mass is 356 g/mol. The second kappa shape index (κ2) is 7.18. The van der Waals surface area contributed by atoms with Crippen LogP contribution < -0.4 is 10.1 Å². The minimum Gasteiger partial charge on any atom is -0.489 e. The molecule has 2 aromatic rings. The Morgan fingerprint density at radius 2 is 1.92 bits per heavy atom. The molecule has 0 spiro atoms. The van der Waals surface area contributed by atoms with Gasteiger partial charge in [-0.15, -0.1) is 0 Å². The van der Waals surface area contributed by atoms with E-state index in [4.69, 9.17) is 4.74 Å². The van der Waals surface area contributed by atoms with Crippen LogP contribution in [0.2, 0.25) is 0 Å². The predicted molar refractivity (Wildman–Crippen MR) is 93.0 cm³/mol. The largest absolute Gasteiger partial charge is 0.489 e. The standard InChI is InChI=1S/C17H12N2O5S/c20-16-15(25-17(21)18-16)9-12-2-1-3-14(8-12)24-10-11-4-6-13(7-5-11)19(22)23/h1-9H,10H2,(H,18,20,21). The van der Waals surface area contributed by atoms with E-state index in [1.807, 2.05) is 0 Å². The lowest BCUT2D eigenvalue weighted by atomic mass is 10.2. The van der Waals surface area contributed by atoms with E-state index in [0.717, 1.165) is 22.9 Å². The van der Waals surface area contributed by atoms with Gasteiger partial charge in [-0.2, -0.15) is 0 Å². The summed E-state index contributed by atoms with van der Waals surface area (Å²) in [6, 6.07) is 13.2. The normalized spacial score (nSPS) is 15.3. The Bertz CT molecular complexity index is 877. The van der Waals surface area contributed by atoms with Gasteiger partial charge in [-0.3, -0.25) is 25.0 Å². The number of hydrogen-bond acceptors (Lipinski definition) is 6. The van der Waals surface area contributed by atoms with Crippen LogP contribution in [0.1, 0.15) is 11.1 Å². The third-order valence-corrected chi connectivity index (χ3v) is 4.16. The van der Waals surface area contributed by atoms with E-state index in [0.29, 0.717) is 10.7 Å². The van der Waals surface area contributed by atoms with Gasteiger partial charge in [0.15, 0.2) is 0 Å². The Kier molecular flexibility index (Phi) is 4.80. The summed E-state index contributed by atoms with van der Waals surface area (Å²) in [6.45, 7) is 0.256. The first-order valence-corrected chi connectivity index (χ1v) is 8.04. The van der Waals surface area contributed by atoms with Gasteiger partial charge in [-0.25, -0.2) is 0 Å². The number of carbonyl (C=O) groups excluding carboxylic acids is 2. The zero-order chi connectivity index (χ0) is 17.8. The van der Waals surface area contributed by atoms with Gasteiger partial charge in [0.05, 0.1) is 9.83 Å². The van der Waals surface area contributed by atoms with Crippen LogP contribution in [0, 0.1) is 10.1 Å². The van der Waals surface area contributed by atoms with Crippen LogP contribution >= 0.6 is 11.8 Å². The molecule has 0 saturated carbocycles. The molecule has 0 radical (unpaired) electrons. The molecule has 8 heteroatoms. The summed E-state index contributed by atoms with van der Waals surface area (Å²) < 4.78 is 5.67. The van der Waals surface area contributed by atoms with E-state index < -0.39 is 10.8 Å². The summed E-state index contributed by atoms with van der Waals surface area (Å²) in [5.41, 5.74) is 1.55. The van der Waals surface area contributed by atoms with Crippen molar-refractivity contribution in [3.63, 3.8) is 0 Å². The van der Waals surface area contributed by atoms with E-state index in [2.05, 4.69) is 5.32 Å². The zero-order valence-corrected chi connectivity index (χ0v) is 13.6. The fourth-order valence-electron chi connectivity index (χ4n) is 2.15. The lowest BCUT2D eigenvalue weighted by molar-refractivity contribution is -0.384. The number of nitro benzene ring substituents is 1. The maximum absolute atomic E-state index is 11.6. The van der Waals surface area contributed by atoms with Crippen molar-refractivity contribution in [1.82, 2.24) is 5.32 Å². The lowest BCUT2D eigenvalue weighted by Gasteiger charge is -2.07. The Morgan fingerprint density at radius 1 is 1.16 bits per heavy atom. The number of rotatable bonds is 5. The van der Waals surface area contributed by atoms with Gasteiger partial charge in [-0.05, 0) is 53.2 Å². The first-order chi connectivity index (χ1) is 12.0. The number of nitro groups is 1. The molecule has 2 aromatic carbocycles. The second-order valence-corrected chi connectivity index (χ2v) is 6.15. The van der Waals surface area contributed by atoms with E-state index in [1.54, 1.807) is 42.5 Å². The van der Waals surface area contributed by atoms with Crippen LogP contribution in [0.25, 0.3) is 6.08 Å². The summed E-state index contributed by atoms with van der Waals surface area (Å²) in [7, 11) is 0. The van der Waals surface area contributed by atoms with Crippen molar-refractivity contribution in [1.29, 1.82) is 0 Å². The number of hydrogen-bond donors (Lipinski definition) is 1. The van der Waals surface area contributed by atoms with E-state index in [9.17, 15) is 19.7 Å². The zero-order valence-electron chi connectivity index (χ0n) is 12.8. The number of carbonyl (C=O) groups is 2. The Labute approximate surface area is 146 Å². The third kappa shape index (κ3) is 4.24. The van der Waals surface area contributed by atoms with Gasteiger partial charge in [0.1, 0.15) is 12.4 Å². The van der Waals surface area contributed by atoms with Crippen molar-refractivity contribution >= 4 is 34.7 Å². The van der Waals surface area contributed by atoms with Crippen molar-refractivity contribution < 1.29 is 19.2 Å².